The molecule has 0 saturated carbocycles. The number of carbonyl (C=O) groups is 2. The van der Waals surface area contributed by atoms with Gasteiger partial charge in [0, 0.05) is 30.5 Å². The van der Waals surface area contributed by atoms with Crippen molar-refractivity contribution in [2.24, 2.45) is 0 Å². The molecule has 0 unspecified atom stereocenters. The normalized spacial score (nSPS) is 14.4. The number of nitrogens with zero attached hydrogens (tertiary/aromatic N) is 2. The van der Waals surface area contributed by atoms with E-state index in [-0.39, 0.29) is 30.3 Å². The first-order chi connectivity index (χ1) is 16.9. The lowest BCUT2D eigenvalue weighted by Gasteiger charge is -2.26. The second-order valence-corrected chi connectivity index (χ2v) is 10.6. The van der Waals surface area contributed by atoms with Crippen LogP contribution in [0.15, 0.2) is 64.9 Å². The van der Waals surface area contributed by atoms with Crippen LogP contribution in [0.3, 0.4) is 0 Å². The van der Waals surface area contributed by atoms with Crippen LogP contribution in [0.25, 0.3) is 11.3 Å². The van der Waals surface area contributed by atoms with Crippen molar-refractivity contribution in [3.63, 3.8) is 0 Å². The van der Waals surface area contributed by atoms with E-state index in [0.29, 0.717) is 37.0 Å². The largest absolute Gasteiger partial charge is 0.461 e. The molecular formula is C24H25N3O6S2. The van der Waals surface area contributed by atoms with Crippen LogP contribution in [0.1, 0.15) is 18.4 Å². The van der Waals surface area contributed by atoms with Gasteiger partial charge in [0.25, 0.3) is 0 Å². The molecule has 3 aromatic rings. The minimum atomic E-state index is -3.57. The van der Waals surface area contributed by atoms with Crippen molar-refractivity contribution in [1.29, 1.82) is 0 Å². The number of anilines is 1. The van der Waals surface area contributed by atoms with Gasteiger partial charge in [0.15, 0.2) is 5.13 Å². The highest BCUT2D eigenvalue weighted by molar-refractivity contribution is 7.89. The smallest absolute Gasteiger partial charge is 0.306 e. The van der Waals surface area contributed by atoms with Gasteiger partial charge < -0.3 is 14.8 Å². The number of hydrogen-bond acceptors (Lipinski definition) is 8. The summed E-state index contributed by atoms with van der Waals surface area (Å²) in [5.41, 5.74) is 2.38. The summed E-state index contributed by atoms with van der Waals surface area (Å²) in [4.78, 5) is 28.8. The maximum atomic E-state index is 12.7. The molecule has 0 spiro atoms. The van der Waals surface area contributed by atoms with E-state index in [2.05, 4.69) is 10.3 Å². The molecule has 0 radical (unpaired) electrons. The van der Waals surface area contributed by atoms with Gasteiger partial charge in [0.1, 0.15) is 6.61 Å². The summed E-state index contributed by atoms with van der Waals surface area (Å²) in [6.45, 7) is 1.40. The van der Waals surface area contributed by atoms with E-state index in [9.17, 15) is 18.0 Å². The maximum Gasteiger partial charge on any atom is 0.306 e. The average molecular weight is 516 g/mol. The summed E-state index contributed by atoms with van der Waals surface area (Å²) in [5.74, 6) is -0.845. The number of rotatable bonds is 9. The van der Waals surface area contributed by atoms with Crippen LogP contribution in [0.2, 0.25) is 0 Å². The fraction of sp³-hybridized carbons (Fsp3) is 0.292. The standard InChI is InChI=1S/C24H25N3O6S2/c28-22(26-24-25-21(17-34-24)19-4-2-1-3-5-19)10-11-23(29)33-16-18-6-8-20(9-7-18)35(30,31)27-12-14-32-15-13-27/h1-9,17H,10-16H2,(H,25,26,28). The summed E-state index contributed by atoms with van der Waals surface area (Å²) < 4.78 is 37.1. The predicted molar refractivity (Wildman–Crippen MR) is 131 cm³/mol. The molecule has 0 aliphatic carbocycles. The second-order valence-electron chi connectivity index (χ2n) is 7.77. The van der Waals surface area contributed by atoms with E-state index >= 15 is 0 Å². The van der Waals surface area contributed by atoms with Crippen molar-refractivity contribution in [3.8, 4) is 11.3 Å². The lowest BCUT2D eigenvalue weighted by atomic mass is 10.2. The van der Waals surface area contributed by atoms with Crippen LogP contribution < -0.4 is 5.32 Å². The van der Waals surface area contributed by atoms with Gasteiger partial charge in [-0.15, -0.1) is 11.3 Å². The molecule has 1 fully saturated rings. The molecule has 1 N–H and O–H groups in total. The van der Waals surface area contributed by atoms with Crippen molar-refractivity contribution in [2.45, 2.75) is 24.3 Å². The SMILES string of the molecule is O=C(CCC(=O)OCc1ccc(S(=O)(=O)N2CCOCC2)cc1)Nc1nc(-c2ccccc2)cs1. The number of ether oxygens (including phenoxy) is 2. The Morgan fingerprint density at radius 2 is 1.74 bits per heavy atom. The third-order valence-electron chi connectivity index (χ3n) is 5.31. The molecule has 2 heterocycles. The molecule has 2 aromatic carbocycles. The zero-order valence-electron chi connectivity index (χ0n) is 18.9. The number of nitrogens with one attached hydrogen (secondary N) is 1. The van der Waals surface area contributed by atoms with Crippen LogP contribution >= 0.6 is 11.3 Å². The predicted octanol–water partition coefficient (Wildman–Crippen LogP) is 3.29. The van der Waals surface area contributed by atoms with Gasteiger partial charge in [0.2, 0.25) is 15.9 Å². The van der Waals surface area contributed by atoms with Crippen molar-refractivity contribution >= 4 is 38.4 Å². The summed E-state index contributed by atoms with van der Waals surface area (Å²) in [7, 11) is -3.57. The Morgan fingerprint density at radius 1 is 1.03 bits per heavy atom. The second kappa shape index (κ2) is 11.5. The van der Waals surface area contributed by atoms with Crippen molar-refractivity contribution in [3.05, 3.63) is 65.5 Å². The van der Waals surface area contributed by atoms with Gasteiger partial charge in [-0.05, 0) is 17.7 Å². The summed E-state index contributed by atoms with van der Waals surface area (Å²) >= 11 is 1.32. The van der Waals surface area contributed by atoms with Gasteiger partial charge in [-0.3, -0.25) is 9.59 Å². The molecule has 4 rings (SSSR count). The summed E-state index contributed by atoms with van der Waals surface area (Å²) in [6.07, 6.45) is -0.109. The number of benzene rings is 2. The van der Waals surface area contributed by atoms with Gasteiger partial charge >= 0.3 is 5.97 Å². The molecule has 184 valence electrons. The van der Waals surface area contributed by atoms with Gasteiger partial charge in [-0.2, -0.15) is 4.31 Å². The number of sulfonamides is 1. The molecule has 1 amide bonds. The van der Waals surface area contributed by atoms with Crippen LogP contribution in [0.4, 0.5) is 5.13 Å². The van der Waals surface area contributed by atoms with E-state index in [4.69, 9.17) is 9.47 Å². The first-order valence-corrected chi connectivity index (χ1v) is 13.4. The number of thiazole rings is 1. The minimum Gasteiger partial charge on any atom is -0.461 e. The molecule has 1 aliphatic rings. The molecule has 11 heteroatoms. The molecule has 1 saturated heterocycles. The highest BCUT2D eigenvalue weighted by Gasteiger charge is 2.26. The van der Waals surface area contributed by atoms with E-state index in [1.165, 1.54) is 27.8 Å². The first-order valence-electron chi connectivity index (χ1n) is 11.0. The highest BCUT2D eigenvalue weighted by Crippen LogP contribution is 2.24. The zero-order valence-corrected chi connectivity index (χ0v) is 20.5. The lowest BCUT2D eigenvalue weighted by Crippen LogP contribution is -2.40. The van der Waals surface area contributed by atoms with E-state index in [1.807, 2.05) is 35.7 Å². The maximum absolute atomic E-state index is 12.7. The van der Waals surface area contributed by atoms with Crippen molar-refractivity contribution in [1.82, 2.24) is 9.29 Å². The Labute approximate surface area is 207 Å². The van der Waals surface area contributed by atoms with E-state index in [1.54, 1.807) is 12.1 Å². The van der Waals surface area contributed by atoms with Crippen LogP contribution in [-0.4, -0.2) is 55.9 Å². The van der Waals surface area contributed by atoms with E-state index in [0.717, 1.165) is 11.3 Å². The Hall–Kier alpha value is -3.12. The van der Waals surface area contributed by atoms with Crippen LogP contribution in [0.5, 0.6) is 0 Å². The Kier molecular flexibility index (Phi) is 8.24. The van der Waals surface area contributed by atoms with Gasteiger partial charge in [-0.1, -0.05) is 42.5 Å². The van der Waals surface area contributed by atoms with Gasteiger partial charge in [-0.25, -0.2) is 13.4 Å². The first kappa shape index (κ1) is 25.0. The fourth-order valence-corrected chi connectivity index (χ4v) is 5.54. The molecular weight excluding hydrogens is 490 g/mol. The molecule has 0 atom stereocenters. The topological polar surface area (TPSA) is 115 Å². The highest BCUT2D eigenvalue weighted by atomic mass is 32.2. The Balaban J connectivity index is 1.21. The zero-order chi connectivity index (χ0) is 24.7. The van der Waals surface area contributed by atoms with Crippen LogP contribution in [-0.2, 0) is 35.7 Å². The number of amides is 1. The van der Waals surface area contributed by atoms with E-state index < -0.39 is 16.0 Å². The quantitative estimate of drug-likeness (QED) is 0.435. The lowest BCUT2D eigenvalue weighted by molar-refractivity contribution is -0.145. The number of esters is 1. The Bertz CT molecular complexity index is 1250. The fourth-order valence-electron chi connectivity index (χ4n) is 3.40. The summed E-state index contributed by atoms with van der Waals surface area (Å²) in [6, 6.07) is 15.9. The van der Waals surface area contributed by atoms with Gasteiger partial charge in [0.05, 0.1) is 30.2 Å². The molecule has 9 nitrogen and oxygen atoms in total. The molecule has 35 heavy (non-hydrogen) atoms. The number of carbonyl (C=O) groups excluding carboxylic acids is 2. The average Bonchev–Trinajstić information content (AvgIpc) is 3.36. The van der Waals surface area contributed by atoms with Crippen molar-refractivity contribution in [2.75, 3.05) is 31.6 Å². The third-order valence-corrected chi connectivity index (χ3v) is 7.98. The molecule has 0 bridgehead atoms. The minimum absolute atomic E-state index is 0.00868. The van der Waals surface area contributed by atoms with Crippen LogP contribution in [0, 0.1) is 0 Å². The molecule has 1 aliphatic heterocycles. The number of aromatic nitrogens is 1. The number of hydrogen-bond donors (Lipinski definition) is 1. The number of morpholine rings is 1. The van der Waals surface area contributed by atoms with Crippen molar-refractivity contribution < 1.29 is 27.5 Å². The monoisotopic (exact) mass is 515 g/mol. The molecule has 1 aromatic heterocycles. The summed E-state index contributed by atoms with van der Waals surface area (Å²) in [5, 5.41) is 5.03. The third kappa shape index (κ3) is 6.73. The Morgan fingerprint density at radius 3 is 2.46 bits per heavy atom.